The van der Waals surface area contributed by atoms with Gasteiger partial charge in [-0.25, -0.2) is 4.79 Å². The van der Waals surface area contributed by atoms with Gasteiger partial charge >= 0.3 is 12.0 Å². The number of nitrogens with zero attached hydrogens (tertiary/aromatic N) is 2. The highest BCUT2D eigenvalue weighted by molar-refractivity contribution is 6.31. The van der Waals surface area contributed by atoms with Crippen LogP contribution in [0.5, 0.6) is 5.75 Å². The first-order valence-corrected chi connectivity index (χ1v) is 8.35. The zero-order valence-electron chi connectivity index (χ0n) is 15.1. The van der Waals surface area contributed by atoms with Gasteiger partial charge in [-0.05, 0) is 25.5 Å². The number of rotatable bonds is 4. The SMILES string of the molecule is COc1c(NC(=O)N2CCC(C)(C(=O)O)C2)cc(Cl)cc1C(=O)N(C)C. The molecule has 9 heteroatoms. The van der Waals surface area contributed by atoms with Gasteiger partial charge < -0.3 is 25.0 Å². The van der Waals surface area contributed by atoms with Crippen LogP contribution in [0.1, 0.15) is 23.7 Å². The second-order valence-corrected chi connectivity index (χ2v) is 7.14. The molecule has 2 rings (SSSR count). The predicted molar refractivity (Wildman–Crippen MR) is 97.0 cm³/mol. The molecular weight excluding hydrogens is 362 g/mol. The monoisotopic (exact) mass is 383 g/mol. The zero-order valence-corrected chi connectivity index (χ0v) is 15.9. The summed E-state index contributed by atoms with van der Waals surface area (Å²) in [5.41, 5.74) is -0.502. The fourth-order valence-corrected chi connectivity index (χ4v) is 3.03. The second-order valence-electron chi connectivity index (χ2n) is 6.70. The summed E-state index contributed by atoms with van der Waals surface area (Å²) in [6.07, 6.45) is 0.368. The third kappa shape index (κ3) is 3.85. The number of likely N-dealkylation sites (tertiary alicyclic amines) is 1. The predicted octanol–water partition coefficient (Wildman–Crippen LogP) is 2.38. The van der Waals surface area contributed by atoms with Gasteiger partial charge in [-0.15, -0.1) is 0 Å². The summed E-state index contributed by atoms with van der Waals surface area (Å²) < 4.78 is 5.31. The standard InChI is InChI=1S/C17H22ClN3O5/c1-17(15(23)24)5-6-21(9-17)16(25)19-12-8-10(18)7-11(13(12)26-4)14(22)20(2)3/h7-8H,5-6,9H2,1-4H3,(H,19,25)(H,23,24). The largest absolute Gasteiger partial charge is 0.494 e. The molecule has 3 amide bonds. The molecule has 1 fully saturated rings. The Kier molecular flexibility index (Phi) is 5.65. The molecule has 1 aliphatic rings. The topological polar surface area (TPSA) is 99.2 Å². The number of carboxylic acid groups (broad SMARTS) is 1. The summed E-state index contributed by atoms with van der Waals surface area (Å²) in [5.74, 6) is -1.06. The van der Waals surface area contributed by atoms with E-state index in [4.69, 9.17) is 16.3 Å². The van der Waals surface area contributed by atoms with Crippen LogP contribution in [0, 0.1) is 5.41 Å². The minimum Gasteiger partial charge on any atom is -0.494 e. The van der Waals surface area contributed by atoms with Gasteiger partial charge in [0.15, 0.2) is 5.75 Å². The Hall–Kier alpha value is -2.48. The Morgan fingerprint density at radius 3 is 2.50 bits per heavy atom. The molecule has 1 saturated heterocycles. The molecule has 0 aliphatic carbocycles. The van der Waals surface area contributed by atoms with Gasteiger partial charge in [-0.2, -0.15) is 0 Å². The zero-order chi connectivity index (χ0) is 19.6. The summed E-state index contributed by atoms with van der Waals surface area (Å²) in [4.78, 5) is 39.0. The minimum atomic E-state index is -0.970. The fourth-order valence-electron chi connectivity index (χ4n) is 2.81. The van der Waals surface area contributed by atoms with Crippen molar-refractivity contribution in [3.63, 3.8) is 0 Å². The highest BCUT2D eigenvalue weighted by atomic mass is 35.5. The first-order valence-electron chi connectivity index (χ1n) is 7.97. The van der Waals surface area contributed by atoms with Crippen LogP contribution < -0.4 is 10.1 Å². The van der Waals surface area contributed by atoms with Crippen molar-refractivity contribution in [2.24, 2.45) is 5.41 Å². The number of benzene rings is 1. The molecule has 142 valence electrons. The number of halogens is 1. The summed E-state index contributed by atoms with van der Waals surface area (Å²) in [6, 6.07) is 2.48. The van der Waals surface area contributed by atoms with Crippen LogP contribution >= 0.6 is 11.6 Å². The molecule has 0 bridgehead atoms. The molecule has 0 spiro atoms. The third-order valence-corrected chi connectivity index (χ3v) is 4.63. The number of ether oxygens (including phenoxy) is 1. The van der Waals surface area contributed by atoms with Crippen LogP contribution in [-0.2, 0) is 4.79 Å². The lowest BCUT2D eigenvalue weighted by Crippen LogP contribution is -2.37. The number of carbonyl (C=O) groups excluding carboxylic acids is 2. The van der Waals surface area contributed by atoms with E-state index >= 15 is 0 Å². The first kappa shape index (κ1) is 19.8. The molecule has 1 aromatic carbocycles. The number of carboxylic acids is 1. The highest BCUT2D eigenvalue weighted by Crippen LogP contribution is 2.35. The number of nitrogens with one attached hydrogen (secondary N) is 1. The number of urea groups is 1. The van der Waals surface area contributed by atoms with Crippen LogP contribution in [0.3, 0.4) is 0 Å². The van der Waals surface area contributed by atoms with Gasteiger partial charge in [0.05, 0.1) is 23.8 Å². The Morgan fingerprint density at radius 2 is 2.00 bits per heavy atom. The van der Waals surface area contributed by atoms with Crippen molar-refractivity contribution >= 4 is 35.2 Å². The Morgan fingerprint density at radius 1 is 1.35 bits per heavy atom. The molecule has 1 unspecified atom stereocenters. The number of hydrogen-bond donors (Lipinski definition) is 2. The average Bonchev–Trinajstić information content (AvgIpc) is 2.97. The number of aliphatic carboxylic acids is 1. The highest BCUT2D eigenvalue weighted by Gasteiger charge is 2.42. The quantitative estimate of drug-likeness (QED) is 0.831. The second kappa shape index (κ2) is 7.41. The van der Waals surface area contributed by atoms with Crippen molar-refractivity contribution in [3.05, 3.63) is 22.7 Å². The maximum absolute atomic E-state index is 12.5. The van der Waals surface area contributed by atoms with Crippen molar-refractivity contribution in [3.8, 4) is 5.75 Å². The van der Waals surface area contributed by atoms with Gasteiger partial charge in [0.25, 0.3) is 5.91 Å². The van der Waals surface area contributed by atoms with Gasteiger partial charge in [0.1, 0.15) is 0 Å². The van der Waals surface area contributed by atoms with Crippen LogP contribution in [0.15, 0.2) is 12.1 Å². The third-order valence-electron chi connectivity index (χ3n) is 4.41. The van der Waals surface area contributed by atoms with Gasteiger partial charge in [-0.3, -0.25) is 9.59 Å². The molecule has 2 N–H and O–H groups in total. The molecule has 1 atom stereocenters. The van der Waals surface area contributed by atoms with E-state index in [1.54, 1.807) is 21.0 Å². The van der Waals surface area contributed by atoms with E-state index < -0.39 is 17.4 Å². The van der Waals surface area contributed by atoms with Crippen molar-refractivity contribution in [2.75, 3.05) is 39.6 Å². The van der Waals surface area contributed by atoms with Crippen LogP contribution in [0.25, 0.3) is 0 Å². The van der Waals surface area contributed by atoms with E-state index in [0.717, 1.165) is 0 Å². The minimum absolute atomic E-state index is 0.0978. The van der Waals surface area contributed by atoms with E-state index in [1.165, 1.54) is 29.0 Å². The van der Waals surface area contributed by atoms with E-state index in [-0.39, 0.29) is 34.5 Å². The van der Waals surface area contributed by atoms with Crippen LogP contribution in [0.2, 0.25) is 5.02 Å². The lowest BCUT2D eigenvalue weighted by atomic mass is 9.90. The Bertz CT molecular complexity index is 752. The van der Waals surface area contributed by atoms with E-state index in [9.17, 15) is 19.5 Å². The summed E-state index contributed by atoms with van der Waals surface area (Å²) in [7, 11) is 4.58. The van der Waals surface area contributed by atoms with Gasteiger partial charge in [0, 0.05) is 32.2 Å². The molecule has 0 radical (unpaired) electrons. The Balaban J connectivity index is 2.28. The number of carbonyl (C=O) groups is 3. The van der Waals surface area contributed by atoms with E-state index in [1.807, 2.05) is 0 Å². The fraction of sp³-hybridized carbons (Fsp3) is 0.471. The molecule has 26 heavy (non-hydrogen) atoms. The number of amides is 3. The number of methoxy groups -OCH3 is 1. The average molecular weight is 384 g/mol. The smallest absolute Gasteiger partial charge is 0.321 e. The molecule has 0 saturated carbocycles. The molecule has 1 aromatic rings. The summed E-state index contributed by atoms with van der Waals surface area (Å²) in [5, 5.41) is 12.2. The van der Waals surface area contributed by atoms with Crippen LogP contribution in [-0.4, -0.2) is 67.1 Å². The number of hydrogen-bond acceptors (Lipinski definition) is 4. The van der Waals surface area contributed by atoms with Crippen molar-refractivity contribution in [1.29, 1.82) is 0 Å². The van der Waals surface area contributed by atoms with E-state index in [0.29, 0.717) is 13.0 Å². The molecule has 1 heterocycles. The summed E-state index contributed by atoms with van der Waals surface area (Å²) >= 11 is 6.09. The van der Waals surface area contributed by atoms with Crippen molar-refractivity contribution in [2.45, 2.75) is 13.3 Å². The maximum Gasteiger partial charge on any atom is 0.321 e. The lowest BCUT2D eigenvalue weighted by Gasteiger charge is -2.22. The normalized spacial score (nSPS) is 19.2. The molecular formula is C17H22ClN3O5. The molecule has 1 aliphatic heterocycles. The maximum atomic E-state index is 12.5. The van der Waals surface area contributed by atoms with Crippen molar-refractivity contribution < 1.29 is 24.2 Å². The van der Waals surface area contributed by atoms with Crippen LogP contribution in [0.4, 0.5) is 10.5 Å². The molecule has 8 nitrogen and oxygen atoms in total. The summed E-state index contributed by atoms with van der Waals surface area (Å²) in [6.45, 7) is 2.03. The van der Waals surface area contributed by atoms with Gasteiger partial charge in [-0.1, -0.05) is 11.6 Å². The number of anilines is 1. The lowest BCUT2D eigenvalue weighted by molar-refractivity contribution is -0.146. The van der Waals surface area contributed by atoms with Gasteiger partial charge in [0.2, 0.25) is 0 Å². The van der Waals surface area contributed by atoms with E-state index in [2.05, 4.69) is 5.32 Å². The first-order chi connectivity index (χ1) is 12.1. The van der Waals surface area contributed by atoms with Crippen molar-refractivity contribution in [1.82, 2.24) is 9.80 Å². The molecule has 0 aromatic heterocycles. The Labute approximate surface area is 156 Å².